The fraction of sp³-hybridized carbons (Fsp3) is 0.300. The van der Waals surface area contributed by atoms with E-state index in [1.807, 2.05) is 31.2 Å². The summed E-state index contributed by atoms with van der Waals surface area (Å²) in [5, 5.41) is 5.77. The molecular weight excluding hydrogens is 316 g/mol. The predicted molar refractivity (Wildman–Crippen MR) is 97.0 cm³/mol. The van der Waals surface area contributed by atoms with E-state index in [0.717, 1.165) is 18.4 Å². The van der Waals surface area contributed by atoms with E-state index in [1.165, 1.54) is 0 Å². The molecule has 130 valence electrons. The van der Waals surface area contributed by atoms with E-state index < -0.39 is 0 Å². The van der Waals surface area contributed by atoms with E-state index >= 15 is 0 Å². The fourth-order valence-electron chi connectivity index (χ4n) is 2.92. The van der Waals surface area contributed by atoms with Crippen LogP contribution in [0.15, 0.2) is 48.5 Å². The normalized spacial score (nSPS) is 14.5. The van der Waals surface area contributed by atoms with Crippen molar-refractivity contribution >= 4 is 17.5 Å². The Hall–Kier alpha value is -2.82. The third kappa shape index (κ3) is 3.50. The van der Waals surface area contributed by atoms with Crippen molar-refractivity contribution < 1.29 is 14.3 Å². The van der Waals surface area contributed by atoms with Crippen LogP contribution in [0.2, 0.25) is 0 Å². The monoisotopic (exact) mass is 338 g/mol. The van der Waals surface area contributed by atoms with E-state index in [4.69, 9.17) is 4.74 Å². The second kappa shape index (κ2) is 6.97. The van der Waals surface area contributed by atoms with Crippen LogP contribution in [0.3, 0.4) is 0 Å². The van der Waals surface area contributed by atoms with Crippen molar-refractivity contribution in [1.82, 2.24) is 5.32 Å². The minimum atomic E-state index is -0.380. The van der Waals surface area contributed by atoms with Gasteiger partial charge in [0, 0.05) is 17.8 Å². The lowest BCUT2D eigenvalue weighted by atomic mass is 9.94. The maximum Gasteiger partial charge on any atom is 0.255 e. The second-order valence-electron chi connectivity index (χ2n) is 6.20. The molecule has 1 aliphatic rings. The van der Waals surface area contributed by atoms with Gasteiger partial charge in [0.15, 0.2) is 0 Å². The molecule has 2 aromatic carbocycles. The molecule has 1 saturated carbocycles. The number of anilines is 1. The quantitative estimate of drug-likeness (QED) is 0.850. The molecule has 2 N–H and O–H groups in total. The Labute approximate surface area is 147 Å². The minimum Gasteiger partial charge on any atom is -0.497 e. The molecule has 0 bridgehead atoms. The average Bonchev–Trinajstić information content (AvgIpc) is 3.44. The number of benzene rings is 2. The van der Waals surface area contributed by atoms with Gasteiger partial charge in [0.2, 0.25) is 5.91 Å². The number of hydrogen-bond acceptors (Lipinski definition) is 3. The largest absolute Gasteiger partial charge is 0.497 e. The smallest absolute Gasteiger partial charge is 0.255 e. The molecule has 1 fully saturated rings. The van der Waals surface area contributed by atoms with Gasteiger partial charge < -0.3 is 15.4 Å². The molecule has 5 heteroatoms. The number of nitrogens with one attached hydrogen (secondary N) is 2. The van der Waals surface area contributed by atoms with Gasteiger partial charge in [0.1, 0.15) is 5.75 Å². The topological polar surface area (TPSA) is 67.4 Å². The lowest BCUT2D eigenvalue weighted by molar-refractivity contribution is -0.123. The molecular formula is C20H22N2O3. The number of methoxy groups -OCH3 is 1. The predicted octanol–water partition coefficient (Wildman–Crippen LogP) is 3.12. The highest BCUT2D eigenvalue weighted by molar-refractivity contribution is 6.04. The summed E-state index contributed by atoms with van der Waals surface area (Å²) in [7, 11) is 1.59. The van der Waals surface area contributed by atoms with Crippen molar-refractivity contribution in [3.63, 3.8) is 0 Å². The van der Waals surface area contributed by atoms with Gasteiger partial charge in [-0.15, -0.1) is 0 Å². The molecule has 0 atom stereocenters. The van der Waals surface area contributed by atoms with Gasteiger partial charge in [-0.25, -0.2) is 0 Å². The van der Waals surface area contributed by atoms with Crippen LogP contribution in [0.4, 0.5) is 5.69 Å². The first-order valence-corrected chi connectivity index (χ1v) is 8.43. The Balaban J connectivity index is 1.68. The van der Waals surface area contributed by atoms with Gasteiger partial charge in [0.05, 0.1) is 12.5 Å². The Kier molecular flexibility index (Phi) is 4.74. The van der Waals surface area contributed by atoms with Crippen LogP contribution in [-0.2, 0) is 10.2 Å². The number of likely N-dealkylation sites (N-methyl/N-ethyl adjacent to an activating group) is 1. The summed E-state index contributed by atoms with van der Waals surface area (Å²) in [6, 6.07) is 14.5. The van der Waals surface area contributed by atoms with E-state index in [0.29, 0.717) is 23.5 Å². The third-order valence-electron chi connectivity index (χ3n) is 4.57. The first-order valence-electron chi connectivity index (χ1n) is 8.43. The molecule has 3 rings (SSSR count). The van der Waals surface area contributed by atoms with Crippen LogP contribution < -0.4 is 15.4 Å². The molecule has 0 saturated heterocycles. The summed E-state index contributed by atoms with van der Waals surface area (Å²) in [6.07, 6.45) is 1.74. The number of carbonyl (C=O) groups is 2. The van der Waals surface area contributed by atoms with Crippen LogP contribution in [0.5, 0.6) is 5.75 Å². The molecule has 0 aliphatic heterocycles. The van der Waals surface area contributed by atoms with Crippen LogP contribution >= 0.6 is 0 Å². The Morgan fingerprint density at radius 1 is 1.04 bits per heavy atom. The fourth-order valence-corrected chi connectivity index (χ4v) is 2.92. The Bertz CT molecular complexity index is 763. The summed E-state index contributed by atoms with van der Waals surface area (Å²) in [5.74, 6) is 0.617. The van der Waals surface area contributed by atoms with Crippen molar-refractivity contribution in [3.05, 3.63) is 59.7 Å². The van der Waals surface area contributed by atoms with Crippen molar-refractivity contribution in [3.8, 4) is 5.75 Å². The molecule has 2 aromatic rings. The molecule has 0 unspecified atom stereocenters. The molecule has 5 nitrogen and oxygen atoms in total. The lowest BCUT2D eigenvalue weighted by Crippen LogP contribution is -2.34. The Morgan fingerprint density at radius 2 is 1.68 bits per heavy atom. The van der Waals surface area contributed by atoms with E-state index in [1.54, 1.807) is 31.4 Å². The van der Waals surface area contributed by atoms with Gasteiger partial charge in [-0.05, 0) is 61.7 Å². The van der Waals surface area contributed by atoms with Crippen LogP contribution in [0, 0.1) is 0 Å². The van der Waals surface area contributed by atoms with E-state index in [9.17, 15) is 9.59 Å². The first-order chi connectivity index (χ1) is 12.1. The maximum absolute atomic E-state index is 12.3. The third-order valence-corrected chi connectivity index (χ3v) is 4.57. The first kappa shape index (κ1) is 17.0. The molecule has 1 aliphatic carbocycles. The summed E-state index contributed by atoms with van der Waals surface area (Å²) in [6.45, 7) is 2.56. The van der Waals surface area contributed by atoms with Crippen LogP contribution in [0.1, 0.15) is 35.7 Å². The molecule has 0 aromatic heterocycles. The maximum atomic E-state index is 12.3. The van der Waals surface area contributed by atoms with Gasteiger partial charge in [0.25, 0.3) is 5.91 Å². The number of rotatable bonds is 6. The number of hydrogen-bond donors (Lipinski definition) is 2. The molecule has 0 spiro atoms. The highest BCUT2D eigenvalue weighted by Gasteiger charge is 2.50. The van der Waals surface area contributed by atoms with Gasteiger partial charge in [-0.1, -0.05) is 12.1 Å². The second-order valence-corrected chi connectivity index (χ2v) is 6.20. The zero-order valence-corrected chi connectivity index (χ0v) is 14.5. The highest BCUT2D eigenvalue weighted by Crippen LogP contribution is 2.48. The van der Waals surface area contributed by atoms with Gasteiger partial charge in [-0.3, -0.25) is 9.59 Å². The number of amides is 2. The SMILES string of the molecule is CCNC(=O)C1(c2ccc(NC(=O)c3ccc(OC)cc3)cc2)CC1. The van der Waals surface area contributed by atoms with Gasteiger partial charge >= 0.3 is 0 Å². The van der Waals surface area contributed by atoms with Crippen LogP contribution in [0.25, 0.3) is 0 Å². The standard InChI is InChI=1S/C20H22N2O3/c1-3-21-19(24)20(12-13-20)15-6-8-16(9-7-15)22-18(23)14-4-10-17(25-2)11-5-14/h4-11H,3,12-13H2,1-2H3,(H,21,24)(H,22,23). The highest BCUT2D eigenvalue weighted by atomic mass is 16.5. The zero-order chi connectivity index (χ0) is 17.9. The lowest BCUT2D eigenvalue weighted by Gasteiger charge is -2.15. The minimum absolute atomic E-state index is 0.0880. The Morgan fingerprint density at radius 3 is 2.20 bits per heavy atom. The summed E-state index contributed by atoms with van der Waals surface area (Å²) >= 11 is 0. The van der Waals surface area contributed by atoms with E-state index in [-0.39, 0.29) is 17.2 Å². The number of ether oxygens (including phenoxy) is 1. The van der Waals surface area contributed by atoms with Crippen molar-refractivity contribution in [1.29, 1.82) is 0 Å². The zero-order valence-electron chi connectivity index (χ0n) is 14.5. The van der Waals surface area contributed by atoms with Crippen LogP contribution in [-0.4, -0.2) is 25.5 Å². The summed E-state index contributed by atoms with van der Waals surface area (Å²) in [4.78, 5) is 24.5. The molecule has 2 amide bonds. The summed E-state index contributed by atoms with van der Waals surface area (Å²) < 4.78 is 5.09. The average molecular weight is 338 g/mol. The van der Waals surface area contributed by atoms with Gasteiger partial charge in [-0.2, -0.15) is 0 Å². The molecule has 0 heterocycles. The van der Waals surface area contributed by atoms with E-state index in [2.05, 4.69) is 10.6 Å². The summed E-state index contributed by atoms with van der Waals surface area (Å²) in [5.41, 5.74) is 1.89. The van der Waals surface area contributed by atoms with Crippen molar-refractivity contribution in [2.75, 3.05) is 19.0 Å². The van der Waals surface area contributed by atoms with Crippen molar-refractivity contribution in [2.45, 2.75) is 25.2 Å². The molecule has 0 radical (unpaired) electrons. The van der Waals surface area contributed by atoms with Crippen molar-refractivity contribution in [2.24, 2.45) is 0 Å². The number of carbonyl (C=O) groups excluding carboxylic acids is 2. The molecule has 25 heavy (non-hydrogen) atoms.